The Hall–Kier alpha value is -5.60. The van der Waals surface area contributed by atoms with Gasteiger partial charge >= 0.3 is 0 Å². The molecule has 0 spiro atoms. The standard InChI is InChI=1S/C23H28FNO2.C14H19FO2.C13H17FO2.C9H9N.CH3I.CH4/c1-5-23(26,14-18-12-16-8-6-7-9-20(16)25-18)15-22(2,3)19-13-17(24)10-11-21(19)27-4;1-5-11(16)9-14(2,3)12-8-10(15)6-7-13(12)17-4;1-9(15)8-13(2,3)11-7-10(14)5-6-12(11)16-4;1-7-6-8-4-2-3-5-9(8)10-7;1-2;/h6-13,25-26H,5,14-15H2,1-4H3;6-8H,5,9H2,1-4H3;5-7H,8H2,1-4H3;2-6,10H,1H3;1H3;1H4. The second-order valence-corrected chi connectivity index (χ2v) is 20.0. The Balaban J connectivity index is 0.000000346. The molecule has 3 N–H and O–H groups in total. The molecule has 0 fully saturated rings. The quantitative estimate of drug-likeness (QED) is 0.0656. The summed E-state index contributed by atoms with van der Waals surface area (Å²) in [7, 11) is 4.68. The number of alkyl halides is 1. The molecule has 0 radical (unpaired) electrons. The molecule has 0 saturated carbocycles. The van der Waals surface area contributed by atoms with Crippen molar-refractivity contribution >= 4 is 56.0 Å². The summed E-state index contributed by atoms with van der Waals surface area (Å²) in [6.07, 6.45) is 2.87. The van der Waals surface area contributed by atoms with Gasteiger partial charge in [0.1, 0.15) is 46.3 Å². The molecule has 73 heavy (non-hydrogen) atoms. The number of carbonyl (C=O) groups excluding carboxylic acids is 2. The zero-order valence-electron chi connectivity index (χ0n) is 44.7. The Bertz CT molecular complexity index is 2770. The van der Waals surface area contributed by atoms with Gasteiger partial charge in [0.25, 0.3) is 0 Å². The minimum atomic E-state index is -0.915. The number of ketones is 2. The van der Waals surface area contributed by atoms with Crippen LogP contribution in [0.3, 0.4) is 0 Å². The van der Waals surface area contributed by atoms with Crippen molar-refractivity contribution in [3.63, 3.8) is 0 Å². The largest absolute Gasteiger partial charge is 0.496 e. The van der Waals surface area contributed by atoms with Crippen molar-refractivity contribution in [3.8, 4) is 17.2 Å². The highest BCUT2D eigenvalue weighted by molar-refractivity contribution is 14.1. The van der Waals surface area contributed by atoms with Crippen LogP contribution < -0.4 is 14.2 Å². The minimum absolute atomic E-state index is 0. The molecule has 1 atom stereocenters. The van der Waals surface area contributed by atoms with Crippen molar-refractivity contribution in [2.24, 2.45) is 0 Å². The van der Waals surface area contributed by atoms with Crippen LogP contribution in [0.4, 0.5) is 13.2 Å². The number of aliphatic hydroxyl groups is 1. The molecule has 8 nitrogen and oxygen atoms in total. The molecule has 0 bridgehead atoms. The molecule has 2 aromatic heterocycles. The number of rotatable bonds is 16. The fraction of sp³-hybridized carbons (Fsp3) is 0.410. The van der Waals surface area contributed by atoms with E-state index >= 15 is 0 Å². The van der Waals surface area contributed by atoms with E-state index in [2.05, 4.69) is 75.9 Å². The van der Waals surface area contributed by atoms with Gasteiger partial charge < -0.3 is 29.3 Å². The van der Waals surface area contributed by atoms with Crippen LogP contribution >= 0.6 is 22.6 Å². The molecule has 0 aliphatic rings. The van der Waals surface area contributed by atoms with Gasteiger partial charge in [-0.1, -0.05) is 122 Å². The number of para-hydroxylation sites is 2. The highest BCUT2D eigenvalue weighted by atomic mass is 127. The third-order valence-corrected chi connectivity index (χ3v) is 12.6. The van der Waals surface area contributed by atoms with Crippen LogP contribution in [0, 0.1) is 24.4 Å². The predicted molar refractivity (Wildman–Crippen MR) is 305 cm³/mol. The lowest BCUT2D eigenvalue weighted by atomic mass is 9.72. The number of ether oxygens (including phenoxy) is 3. The van der Waals surface area contributed by atoms with E-state index in [0.717, 1.165) is 33.3 Å². The number of aryl methyl sites for hydroxylation is 1. The van der Waals surface area contributed by atoms with Crippen molar-refractivity contribution in [1.82, 2.24) is 9.97 Å². The van der Waals surface area contributed by atoms with Crippen LogP contribution in [0.2, 0.25) is 0 Å². The first-order chi connectivity index (χ1) is 33.9. The molecule has 5 aromatic carbocycles. The Morgan fingerprint density at radius 3 is 1.37 bits per heavy atom. The van der Waals surface area contributed by atoms with Crippen LogP contribution in [0.5, 0.6) is 17.2 Å². The number of carbonyl (C=O) groups is 2. The van der Waals surface area contributed by atoms with Gasteiger partial charge in [-0.2, -0.15) is 0 Å². The summed E-state index contributed by atoms with van der Waals surface area (Å²) in [6, 6.07) is 34.0. The number of Topliss-reactive ketones (excluding diaryl/α,β-unsaturated/α-hetero) is 2. The number of hydrogen-bond donors (Lipinski definition) is 3. The van der Waals surface area contributed by atoms with Crippen molar-refractivity contribution in [3.05, 3.63) is 161 Å². The van der Waals surface area contributed by atoms with Crippen LogP contribution in [-0.4, -0.2) is 58.5 Å². The van der Waals surface area contributed by atoms with Gasteiger partial charge in [0.05, 0.1) is 26.9 Å². The normalized spacial score (nSPS) is 11.9. The number of methoxy groups -OCH3 is 3. The molecule has 7 aromatic rings. The van der Waals surface area contributed by atoms with Gasteiger partial charge in [-0.3, -0.25) is 9.59 Å². The summed E-state index contributed by atoms with van der Waals surface area (Å²) in [5.41, 5.74) is 4.55. The number of aromatic amines is 2. The number of aromatic nitrogens is 2. The molecule has 0 amide bonds. The number of nitrogens with one attached hydrogen (secondary N) is 2. The topological polar surface area (TPSA) is 114 Å². The first-order valence-corrected chi connectivity index (χ1v) is 26.3. The van der Waals surface area contributed by atoms with Crippen molar-refractivity contribution in [2.75, 3.05) is 26.3 Å². The SMILES string of the molecule is C.CCC(=O)CC(C)(C)c1cc(F)ccc1OC.CCC(O)(Cc1cc2ccccc2[nH]1)CC(C)(C)c1cc(F)ccc1OC.CI.COc1ccc(F)cc1C(C)(C)CC(C)=O.Cc1cc2ccccc2[nH]1. The molecular weight excluding hydrogens is 1040 g/mol. The number of halogens is 4. The average molecular weight is 1120 g/mol. The van der Waals surface area contributed by atoms with E-state index < -0.39 is 21.8 Å². The predicted octanol–water partition coefficient (Wildman–Crippen LogP) is 16.1. The minimum Gasteiger partial charge on any atom is -0.496 e. The van der Waals surface area contributed by atoms with E-state index in [9.17, 15) is 27.9 Å². The monoisotopic (exact) mass is 1120 g/mol. The Morgan fingerprint density at radius 2 is 0.986 bits per heavy atom. The number of H-pyrrole nitrogens is 2. The first kappa shape index (κ1) is 63.5. The number of hydrogen-bond acceptors (Lipinski definition) is 6. The van der Waals surface area contributed by atoms with Crippen molar-refractivity contribution in [1.29, 1.82) is 0 Å². The number of benzene rings is 5. The Labute approximate surface area is 447 Å². The lowest BCUT2D eigenvalue weighted by Gasteiger charge is -2.36. The van der Waals surface area contributed by atoms with E-state index in [4.69, 9.17) is 14.2 Å². The molecule has 0 aliphatic heterocycles. The van der Waals surface area contributed by atoms with E-state index in [1.165, 1.54) is 59.9 Å². The fourth-order valence-corrected chi connectivity index (χ4v) is 9.09. The zero-order chi connectivity index (χ0) is 54.0. The molecule has 0 aliphatic carbocycles. The van der Waals surface area contributed by atoms with E-state index in [-0.39, 0.29) is 36.4 Å². The molecule has 2 heterocycles. The van der Waals surface area contributed by atoms with Crippen LogP contribution in [0.25, 0.3) is 21.8 Å². The van der Waals surface area contributed by atoms with Crippen molar-refractivity contribution < 1.29 is 42.1 Å². The average Bonchev–Trinajstić information content (AvgIpc) is 3.93. The van der Waals surface area contributed by atoms with E-state index in [0.29, 0.717) is 55.8 Å². The molecule has 1 unspecified atom stereocenters. The molecule has 7 rings (SSSR count). The summed E-state index contributed by atoms with van der Waals surface area (Å²) in [4.78, 5) is 31.4. The van der Waals surface area contributed by atoms with Crippen molar-refractivity contribution in [2.45, 2.75) is 137 Å². The smallest absolute Gasteiger partial charge is 0.133 e. The lowest BCUT2D eigenvalue weighted by Crippen LogP contribution is -2.38. The fourth-order valence-electron chi connectivity index (χ4n) is 9.09. The second-order valence-electron chi connectivity index (χ2n) is 20.0. The highest BCUT2D eigenvalue weighted by Gasteiger charge is 2.37. The number of fused-ring (bicyclic) bond motifs is 2. The highest BCUT2D eigenvalue weighted by Crippen LogP contribution is 2.41. The summed E-state index contributed by atoms with van der Waals surface area (Å²) >= 11 is 2.15. The first-order valence-electron chi connectivity index (χ1n) is 24.1. The molecule has 0 saturated heterocycles. The van der Waals surface area contributed by atoms with Crippen LogP contribution in [0.15, 0.2) is 115 Å². The summed E-state index contributed by atoms with van der Waals surface area (Å²) in [5.74, 6) is 1.22. The summed E-state index contributed by atoms with van der Waals surface area (Å²) in [6.45, 7) is 19.1. The van der Waals surface area contributed by atoms with Crippen LogP contribution in [0.1, 0.15) is 130 Å². The van der Waals surface area contributed by atoms with Gasteiger partial charge in [0, 0.05) is 75.6 Å². The van der Waals surface area contributed by atoms with Gasteiger partial charge in [-0.05, 0) is 127 Å². The van der Waals surface area contributed by atoms with Gasteiger partial charge in [-0.25, -0.2) is 13.2 Å². The van der Waals surface area contributed by atoms with E-state index in [1.54, 1.807) is 39.5 Å². The van der Waals surface area contributed by atoms with Gasteiger partial charge in [0.2, 0.25) is 0 Å². The second kappa shape index (κ2) is 28.7. The maximum absolute atomic E-state index is 13.9. The lowest BCUT2D eigenvalue weighted by molar-refractivity contribution is -0.120. The molecule has 12 heteroatoms. The van der Waals surface area contributed by atoms with Gasteiger partial charge in [-0.15, -0.1) is 0 Å². The molecule has 398 valence electrons. The maximum atomic E-state index is 13.9. The Morgan fingerprint density at radius 1 is 0.589 bits per heavy atom. The van der Waals surface area contributed by atoms with Gasteiger partial charge in [0.15, 0.2) is 0 Å². The Kier molecular flexibility index (Phi) is 25.0. The third-order valence-electron chi connectivity index (χ3n) is 12.6. The molecular formula is C61H80F3IN2O6. The van der Waals surface area contributed by atoms with Crippen LogP contribution in [-0.2, 0) is 32.3 Å². The summed E-state index contributed by atoms with van der Waals surface area (Å²) < 4.78 is 56.2. The summed E-state index contributed by atoms with van der Waals surface area (Å²) in [5, 5.41) is 13.8. The third kappa shape index (κ3) is 18.7. The zero-order valence-corrected chi connectivity index (χ0v) is 46.9. The van der Waals surface area contributed by atoms with E-state index in [1.807, 2.05) is 84.6 Å². The maximum Gasteiger partial charge on any atom is 0.133 e.